The molecule has 0 aliphatic carbocycles. The van der Waals surface area contributed by atoms with E-state index in [-0.39, 0.29) is 35.9 Å². The van der Waals surface area contributed by atoms with E-state index in [2.05, 4.69) is 0 Å². The number of halogens is 1. The molecule has 2 aromatic carbocycles. The van der Waals surface area contributed by atoms with Crippen LogP contribution < -0.4 is 0 Å². The summed E-state index contributed by atoms with van der Waals surface area (Å²) in [6, 6.07) is 9.99. The maximum Gasteiger partial charge on any atom is 0.338 e. The summed E-state index contributed by atoms with van der Waals surface area (Å²) in [6.45, 7) is 2.48. The molecule has 0 bridgehead atoms. The summed E-state index contributed by atoms with van der Waals surface area (Å²) in [6.07, 6.45) is 0. The number of benzene rings is 2. The predicted molar refractivity (Wildman–Crippen MR) is 114 cm³/mol. The number of nitrogens with zero attached hydrogens (tertiary/aromatic N) is 2. The van der Waals surface area contributed by atoms with Gasteiger partial charge in [0.25, 0.3) is 5.91 Å². The van der Waals surface area contributed by atoms with Gasteiger partial charge in [0.1, 0.15) is 5.82 Å². The van der Waals surface area contributed by atoms with Crippen molar-refractivity contribution in [2.45, 2.75) is 18.4 Å². The van der Waals surface area contributed by atoms with Crippen LogP contribution in [-0.2, 0) is 30.8 Å². The second-order valence-electron chi connectivity index (χ2n) is 7.45. The monoisotopic (exact) mass is 464 g/mol. The molecule has 1 aliphatic heterocycles. The van der Waals surface area contributed by atoms with Gasteiger partial charge in [0.05, 0.1) is 23.7 Å². The van der Waals surface area contributed by atoms with Crippen molar-refractivity contribution in [3.05, 3.63) is 65.0 Å². The quantitative estimate of drug-likeness (QED) is 0.582. The number of morpholine rings is 1. The van der Waals surface area contributed by atoms with Crippen molar-refractivity contribution in [1.29, 1.82) is 0 Å². The lowest BCUT2D eigenvalue weighted by Gasteiger charge is -2.26. The number of sulfonamides is 1. The zero-order chi connectivity index (χ0) is 23.3. The lowest BCUT2D eigenvalue weighted by atomic mass is 10.1. The van der Waals surface area contributed by atoms with Crippen molar-refractivity contribution in [1.82, 2.24) is 9.21 Å². The van der Waals surface area contributed by atoms with Crippen LogP contribution in [0, 0.1) is 12.7 Å². The highest BCUT2D eigenvalue weighted by atomic mass is 32.2. The second kappa shape index (κ2) is 10.2. The minimum atomic E-state index is -3.79. The Hall–Kier alpha value is -2.82. The number of esters is 1. The Morgan fingerprint density at radius 3 is 2.44 bits per heavy atom. The van der Waals surface area contributed by atoms with Crippen molar-refractivity contribution in [3.8, 4) is 0 Å². The topological polar surface area (TPSA) is 93.2 Å². The van der Waals surface area contributed by atoms with E-state index in [0.717, 1.165) is 5.56 Å². The highest BCUT2D eigenvalue weighted by molar-refractivity contribution is 7.89. The lowest BCUT2D eigenvalue weighted by Crippen LogP contribution is -2.40. The molecule has 0 atom stereocenters. The number of hydrogen-bond donors (Lipinski definition) is 0. The van der Waals surface area contributed by atoms with Crippen LogP contribution in [-0.4, -0.2) is 69.5 Å². The van der Waals surface area contributed by atoms with E-state index in [1.807, 2.05) is 0 Å². The first-order valence-electron chi connectivity index (χ1n) is 10.0. The van der Waals surface area contributed by atoms with Crippen LogP contribution in [0.25, 0.3) is 0 Å². The van der Waals surface area contributed by atoms with Gasteiger partial charge in [-0.2, -0.15) is 4.31 Å². The van der Waals surface area contributed by atoms with Gasteiger partial charge in [-0.1, -0.05) is 18.2 Å². The van der Waals surface area contributed by atoms with Gasteiger partial charge < -0.3 is 14.4 Å². The number of aryl methyl sites for hydroxylation is 1. The highest BCUT2D eigenvalue weighted by Gasteiger charge is 2.28. The average molecular weight is 465 g/mol. The molecule has 1 heterocycles. The Balaban J connectivity index is 1.64. The van der Waals surface area contributed by atoms with Crippen LogP contribution >= 0.6 is 0 Å². The van der Waals surface area contributed by atoms with E-state index in [1.165, 1.54) is 39.5 Å². The third kappa shape index (κ3) is 5.70. The van der Waals surface area contributed by atoms with Crippen molar-refractivity contribution < 1.29 is 31.9 Å². The van der Waals surface area contributed by atoms with Crippen molar-refractivity contribution in [2.75, 3.05) is 40.0 Å². The maximum absolute atomic E-state index is 13.0. The minimum Gasteiger partial charge on any atom is -0.452 e. The fourth-order valence-electron chi connectivity index (χ4n) is 3.20. The summed E-state index contributed by atoms with van der Waals surface area (Å²) < 4.78 is 50.6. The molecule has 32 heavy (non-hydrogen) atoms. The van der Waals surface area contributed by atoms with Gasteiger partial charge in [0.2, 0.25) is 10.0 Å². The summed E-state index contributed by atoms with van der Waals surface area (Å²) in [4.78, 5) is 26.1. The van der Waals surface area contributed by atoms with Gasteiger partial charge in [-0.15, -0.1) is 0 Å². The Labute approximate surface area is 186 Å². The SMILES string of the molecule is Cc1ccc(C(=O)OCC(=O)N(C)Cc2ccc(F)cc2)cc1S(=O)(=O)N1CCOCC1. The van der Waals surface area contributed by atoms with E-state index in [0.29, 0.717) is 18.8 Å². The Morgan fingerprint density at radius 1 is 1.12 bits per heavy atom. The first-order chi connectivity index (χ1) is 15.2. The summed E-state index contributed by atoms with van der Waals surface area (Å²) in [5.74, 6) is -1.62. The lowest BCUT2D eigenvalue weighted by molar-refractivity contribution is -0.133. The predicted octanol–water partition coefficient (Wildman–Crippen LogP) is 1.97. The van der Waals surface area contributed by atoms with Crippen molar-refractivity contribution in [3.63, 3.8) is 0 Å². The molecule has 0 saturated carbocycles. The summed E-state index contributed by atoms with van der Waals surface area (Å²) in [5, 5.41) is 0. The zero-order valence-corrected chi connectivity index (χ0v) is 18.7. The van der Waals surface area contributed by atoms with Crippen LogP contribution in [0.1, 0.15) is 21.5 Å². The van der Waals surface area contributed by atoms with E-state index < -0.39 is 28.5 Å². The molecule has 8 nitrogen and oxygen atoms in total. The third-order valence-corrected chi connectivity index (χ3v) is 7.14. The number of ether oxygens (including phenoxy) is 2. The average Bonchev–Trinajstić information content (AvgIpc) is 2.79. The van der Waals surface area contributed by atoms with Crippen LogP contribution in [0.3, 0.4) is 0 Å². The molecular formula is C22H25FN2O6S. The summed E-state index contributed by atoms with van der Waals surface area (Å²) in [7, 11) is -2.25. The molecule has 1 amide bonds. The van der Waals surface area contributed by atoms with Gasteiger partial charge in [-0.3, -0.25) is 4.79 Å². The molecule has 2 aromatic rings. The van der Waals surface area contributed by atoms with Crippen LogP contribution in [0.15, 0.2) is 47.4 Å². The van der Waals surface area contributed by atoms with Gasteiger partial charge in [-0.25, -0.2) is 17.6 Å². The molecule has 0 spiro atoms. The standard InChI is InChI=1S/C22H25FN2O6S/c1-16-3-6-18(13-20(16)32(28,29)25-9-11-30-12-10-25)22(27)31-15-21(26)24(2)14-17-4-7-19(23)8-5-17/h3-8,13H,9-12,14-15H2,1-2H3. The van der Waals surface area contributed by atoms with Gasteiger partial charge in [-0.05, 0) is 42.3 Å². The largest absolute Gasteiger partial charge is 0.452 e. The molecule has 3 rings (SSSR count). The first kappa shape index (κ1) is 23.8. The van der Waals surface area contributed by atoms with Crippen LogP contribution in [0.4, 0.5) is 4.39 Å². The first-order valence-corrected chi connectivity index (χ1v) is 11.5. The number of likely N-dealkylation sites (N-methyl/N-ethyl adjacent to an activating group) is 1. The molecule has 0 radical (unpaired) electrons. The third-order valence-electron chi connectivity index (χ3n) is 5.10. The normalized spacial score (nSPS) is 14.7. The summed E-state index contributed by atoms with van der Waals surface area (Å²) >= 11 is 0. The molecule has 1 fully saturated rings. The number of rotatable bonds is 7. The number of hydrogen-bond acceptors (Lipinski definition) is 6. The Bertz CT molecular complexity index is 1080. The smallest absolute Gasteiger partial charge is 0.338 e. The fraction of sp³-hybridized carbons (Fsp3) is 0.364. The Kier molecular flexibility index (Phi) is 7.60. The second-order valence-corrected chi connectivity index (χ2v) is 9.36. The number of amides is 1. The van der Waals surface area contributed by atoms with E-state index in [1.54, 1.807) is 26.1 Å². The molecule has 0 aromatic heterocycles. The molecule has 1 saturated heterocycles. The maximum atomic E-state index is 13.0. The number of carbonyl (C=O) groups excluding carboxylic acids is 2. The highest BCUT2D eigenvalue weighted by Crippen LogP contribution is 2.22. The van der Waals surface area contributed by atoms with Crippen LogP contribution in [0.2, 0.25) is 0 Å². The van der Waals surface area contributed by atoms with Gasteiger partial charge in [0.15, 0.2) is 6.61 Å². The van der Waals surface area contributed by atoms with Crippen LogP contribution in [0.5, 0.6) is 0 Å². The molecular weight excluding hydrogens is 439 g/mol. The fourth-order valence-corrected chi connectivity index (χ4v) is 4.86. The molecule has 172 valence electrons. The summed E-state index contributed by atoms with van der Waals surface area (Å²) in [5.41, 5.74) is 1.27. The minimum absolute atomic E-state index is 0.0219. The van der Waals surface area contributed by atoms with E-state index in [9.17, 15) is 22.4 Å². The van der Waals surface area contributed by atoms with Gasteiger partial charge in [0, 0.05) is 26.7 Å². The zero-order valence-electron chi connectivity index (χ0n) is 17.9. The van der Waals surface area contributed by atoms with E-state index in [4.69, 9.17) is 9.47 Å². The molecule has 10 heteroatoms. The molecule has 0 N–H and O–H groups in total. The van der Waals surface area contributed by atoms with Crippen molar-refractivity contribution in [2.24, 2.45) is 0 Å². The Morgan fingerprint density at radius 2 is 1.78 bits per heavy atom. The molecule has 0 unspecified atom stereocenters. The van der Waals surface area contributed by atoms with Crippen molar-refractivity contribution >= 4 is 21.9 Å². The molecule has 1 aliphatic rings. The van der Waals surface area contributed by atoms with Gasteiger partial charge >= 0.3 is 5.97 Å². The van der Waals surface area contributed by atoms with E-state index >= 15 is 0 Å². The number of carbonyl (C=O) groups is 2.